The summed E-state index contributed by atoms with van der Waals surface area (Å²) in [5.74, 6) is -2.02. The van der Waals surface area contributed by atoms with Gasteiger partial charge in [0.25, 0.3) is 0 Å². The molecule has 0 radical (unpaired) electrons. The minimum Gasteiger partial charge on any atom is -0.379 e. The van der Waals surface area contributed by atoms with Crippen molar-refractivity contribution in [2.75, 3.05) is 17.7 Å². The Morgan fingerprint density at radius 1 is 1.32 bits per heavy atom. The van der Waals surface area contributed by atoms with Gasteiger partial charge < -0.3 is 11.1 Å². The molecule has 3 aromatic rings. The number of rotatable bonds is 4. The van der Waals surface area contributed by atoms with Gasteiger partial charge in [0.2, 0.25) is 0 Å². The maximum atomic E-state index is 14.8. The fourth-order valence-electron chi connectivity index (χ4n) is 3.57. The Hall–Kier alpha value is -3.32. The lowest BCUT2D eigenvalue weighted by Gasteiger charge is -2.37. The van der Waals surface area contributed by atoms with Gasteiger partial charge in [-0.25, -0.2) is 23.1 Å². The zero-order valence-electron chi connectivity index (χ0n) is 16.4. The highest BCUT2D eigenvalue weighted by atomic mass is 32.2. The highest BCUT2D eigenvalue weighted by Gasteiger charge is 2.44. The van der Waals surface area contributed by atoms with E-state index in [0.717, 1.165) is 6.07 Å². The van der Waals surface area contributed by atoms with Crippen molar-refractivity contribution in [3.8, 4) is 6.07 Å². The zero-order valence-corrected chi connectivity index (χ0v) is 17.2. The number of nitrogens with two attached hydrogens (primary N) is 1. The third-order valence-electron chi connectivity index (χ3n) is 5.30. The number of nitrogens with zero attached hydrogens (tertiary/aromatic N) is 4. The van der Waals surface area contributed by atoms with Crippen molar-refractivity contribution in [1.82, 2.24) is 9.97 Å². The summed E-state index contributed by atoms with van der Waals surface area (Å²) >= 11 is 1.25. The SMILES string of the molecule is C[C@H]1CSC(N)=N[C@]1(CF)c1cc(Nc2nccc3cc(C#N)cnc23)cc(F)c1F. The smallest absolute Gasteiger partial charge is 0.164 e. The van der Waals surface area contributed by atoms with E-state index >= 15 is 0 Å². The molecule has 3 heterocycles. The maximum absolute atomic E-state index is 14.8. The molecule has 2 atom stereocenters. The molecule has 0 saturated heterocycles. The Balaban J connectivity index is 1.82. The molecular weight excluding hydrogens is 425 g/mol. The topological polar surface area (TPSA) is 100.0 Å². The summed E-state index contributed by atoms with van der Waals surface area (Å²) in [4.78, 5) is 12.6. The van der Waals surface area contributed by atoms with E-state index in [2.05, 4.69) is 20.3 Å². The summed E-state index contributed by atoms with van der Waals surface area (Å²) in [5, 5.41) is 12.8. The minimum absolute atomic E-state index is 0.127. The number of nitriles is 1. The molecule has 10 heteroatoms. The third kappa shape index (κ3) is 3.65. The van der Waals surface area contributed by atoms with Gasteiger partial charge in [0.1, 0.15) is 23.8 Å². The fraction of sp³-hybridized carbons (Fsp3) is 0.238. The lowest BCUT2D eigenvalue weighted by atomic mass is 9.80. The van der Waals surface area contributed by atoms with Crippen molar-refractivity contribution in [2.45, 2.75) is 12.5 Å². The average Bonchev–Trinajstić information content (AvgIpc) is 2.77. The number of aliphatic imine (C=N–C) groups is 1. The number of benzene rings is 1. The van der Waals surface area contributed by atoms with E-state index in [9.17, 15) is 13.2 Å². The van der Waals surface area contributed by atoms with Crippen LogP contribution >= 0.6 is 11.8 Å². The van der Waals surface area contributed by atoms with Gasteiger partial charge in [-0.05, 0) is 24.1 Å². The van der Waals surface area contributed by atoms with Crippen LogP contribution in [0.25, 0.3) is 10.9 Å². The van der Waals surface area contributed by atoms with Gasteiger partial charge in [-0.1, -0.05) is 18.7 Å². The van der Waals surface area contributed by atoms with Gasteiger partial charge in [-0.15, -0.1) is 0 Å². The fourth-order valence-corrected chi connectivity index (χ4v) is 4.50. The molecule has 1 aromatic carbocycles. The first-order chi connectivity index (χ1) is 14.9. The number of pyridine rings is 2. The summed E-state index contributed by atoms with van der Waals surface area (Å²) in [6.45, 7) is 0.698. The van der Waals surface area contributed by atoms with Crippen molar-refractivity contribution in [2.24, 2.45) is 16.6 Å². The number of hydrogen-bond donors (Lipinski definition) is 2. The molecule has 31 heavy (non-hydrogen) atoms. The molecule has 0 unspecified atom stereocenters. The van der Waals surface area contributed by atoms with Crippen molar-refractivity contribution >= 4 is 39.3 Å². The third-order valence-corrected chi connectivity index (χ3v) is 6.35. The molecule has 6 nitrogen and oxygen atoms in total. The van der Waals surface area contributed by atoms with E-state index in [1.807, 2.05) is 6.07 Å². The number of aromatic nitrogens is 2. The quantitative estimate of drug-likeness (QED) is 0.622. The van der Waals surface area contributed by atoms with E-state index in [0.29, 0.717) is 22.2 Å². The molecule has 0 amide bonds. The maximum Gasteiger partial charge on any atom is 0.164 e. The predicted octanol–water partition coefficient (Wildman–Crippen LogP) is 4.39. The van der Waals surface area contributed by atoms with E-state index < -0.39 is 29.8 Å². The lowest BCUT2D eigenvalue weighted by Crippen LogP contribution is -2.41. The second-order valence-electron chi connectivity index (χ2n) is 7.23. The van der Waals surface area contributed by atoms with Crippen molar-refractivity contribution in [3.63, 3.8) is 0 Å². The minimum atomic E-state index is -1.62. The Labute approximate surface area is 180 Å². The van der Waals surface area contributed by atoms with Crippen LogP contribution in [0.3, 0.4) is 0 Å². The largest absolute Gasteiger partial charge is 0.379 e. The summed E-state index contributed by atoms with van der Waals surface area (Å²) in [5.41, 5.74) is 4.94. The monoisotopic (exact) mass is 442 g/mol. The van der Waals surface area contributed by atoms with Crippen molar-refractivity contribution in [3.05, 3.63) is 59.4 Å². The van der Waals surface area contributed by atoms with Crippen LogP contribution in [0.15, 0.2) is 41.7 Å². The number of alkyl halides is 1. The number of nitrogens with one attached hydrogen (secondary N) is 1. The molecule has 0 aliphatic carbocycles. The molecular formula is C21H17F3N6S. The second-order valence-corrected chi connectivity index (χ2v) is 8.27. The normalized spacial score (nSPS) is 20.9. The number of amidine groups is 1. The Bertz CT molecular complexity index is 1240. The molecule has 2 aromatic heterocycles. The summed E-state index contributed by atoms with van der Waals surface area (Å²) in [7, 11) is 0. The van der Waals surface area contributed by atoms with Crippen LogP contribution < -0.4 is 11.1 Å². The van der Waals surface area contributed by atoms with E-state index in [-0.39, 0.29) is 22.2 Å². The van der Waals surface area contributed by atoms with Crippen molar-refractivity contribution in [1.29, 1.82) is 5.26 Å². The van der Waals surface area contributed by atoms with E-state index in [4.69, 9.17) is 11.0 Å². The Morgan fingerprint density at radius 2 is 2.13 bits per heavy atom. The number of anilines is 2. The average molecular weight is 442 g/mol. The second kappa shape index (κ2) is 8.07. The first kappa shape index (κ1) is 20.9. The van der Waals surface area contributed by atoms with Gasteiger partial charge in [-0.2, -0.15) is 5.26 Å². The molecule has 3 N–H and O–H groups in total. The summed E-state index contributed by atoms with van der Waals surface area (Å²) in [6, 6.07) is 7.62. The number of fused-ring (bicyclic) bond motifs is 1. The molecule has 158 valence electrons. The molecule has 0 fully saturated rings. The van der Waals surface area contributed by atoms with Gasteiger partial charge in [-0.3, -0.25) is 4.98 Å². The van der Waals surface area contributed by atoms with E-state index in [1.54, 1.807) is 19.1 Å². The molecule has 0 bridgehead atoms. The zero-order chi connectivity index (χ0) is 22.2. The number of hydrogen-bond acceptors (Lipinski definition) is 7. The van der Waals surface area contributed by atoms with Gasteiger partial charge in [0.15, 0.2) is 22.6 Å². The summed E-state index contributed by atoms with van der Waals surface area (Å²) < 4.78 is 43.6. The van der Waals surface area contributed by atoms with Gasteiger partial charge in [0, 0.05) is 40.8 Å². The van der Waals surface area contributed by atoms with Crippen LogP contribution in [-0.4, -0.2) is 27.6 Å². The van der Waals surface area contributed by atoms with Crippen LogP contribution in [-0.2, 0) is 5.54 Å². The van der Waals surface area contributed by atoms with Crippen LogP contribution in [0.1, 0.15) is 18.1 Å². The van der Waals surface area contributed by atoms with Crippen LogP contribution in [0, 0.1) is 28.9 Å². The highest BCUT2D eigenvalue weighted by Crippen LogP contribution is 2.43. The molecule has 0 spiro atoms. The van der Waals surface area contributed by atoms with Crippen LogP contribution in [0.2, 0.25) is 0 Å². The van der Waals surface area contributed by atoms with E-state index in [1.165, 1.54) is 30.2 Å². The molecule has 1 aliphatic heterocycles. The molecule has 1 aliphatic rings. The molecule has 4 rings (SSSR count). The van der Waals surface area contributed by atoms with Crippen LogP contribution in [0.4, 0.5) is 24.7 Å². The first-order valence-corrected chi connectivity index (χ1v) is 10.3. The number of thioether (sulfide) groups is 1. The Morgan fingerprint density at radius 3 is 2.87 bits per heavy atom. The van der Waals surface area contributed by atoms with Crippen LogP contribution in [0.5, 0.6) is 0 Å². The number of halogens is 3. The predicted molar refractivity (Wildman–Crippen MR) is 115 cm³/mol. The Kier molecular flexibility index (Phi) is 5.45. The van der Waals surface area contributed by atoms with Crippen molar-refractivity contribution < 1.29 is 13.2 Å². The summed E-state index contributed by atoms with van der Waals surface area (Å²) in [6.07, 6.45) is 2.89. The molecule has 0 saturated carbocycles. The lowest BCUT2D eigenvalue weighted by molar-refractivity contribution is 0.233. The first-order valence-electron chi connectivity index (χ1n) is 9.33. The van der Waals surface area contributed by atoms with Gasteiger partial charge in [0.05, 0.1) is 5.56 Å². The van der Waals surface area contributed by atoms with Gasteiger partial charge >= 0.3 is 0 Å². The standard InChI is InChI=1S/C21H17F3N6S/c1-11-9-31-20(26)30-21(11,10-22)15-5-14(6-16(23)17(15)24)29-19-18-13(2-3-27-19)4-12(7-25)8-28-18/h2-6,8,11H,9-10H2,1H3,(H2,26,30)(H,27,29)/t11-,21-/m0/s1. The highest BCUT2D eigenvalue weighted by molar-refractivity contribution is 8.13.